The first-order chi connectivity index (χ1) is 7.65. The van der Waals surface area contributed by atoms with Crippen molar-refractivity contribution in [3.63, 3.8) is 0 Å². The maximum atomic E-state index is 11.8. The summed E-state index contributed by atoms with van der Waals surface area (Å²) in [4.78, 5) is 13.7. The van der Waals surface area contributed by atoms with Crippen LogP contribution in [0.4, 0.5) is 10.7 Å². The highest BCUT2D eigenvalue weighted by atomic mass is 16.5. The van der Waals surface area contributed by atoms with Crippen LogP contribution in [0, 0.1) is 12.8 Å². The molecule has 0 spiro atoms. The molecule has 1 saturated heterocycles. The Kier molecular flexibility index (Phi) is 3.12. The zero-order chi connectivity index (χ0) is 11.5. The molecule has 5 nitrogen and oxygen atoms in total. The van der Waals surface area contributed by atoms with E-state index in [2.05, 4.69) is 17.4 Å². The van der Waals surface area contributed by atoms with Gasteiger partial charge in [0.05, 0.1) is 5.69 Å². The van der Waals surface area contributed by atoms with E-state index < -0.39 is 0 Å². The quantitative estimate of drug-likeness (QED) is 0.794. The summed E-state index contributed by atoms with van der Waals surface area (Å²) in [6.45, 7) is 5.63. The number of carbonyl (C=O) groups is 1. The highest BCUT2D eigenvalue weighted by Crippen LogP contribution is 2.17. The van der Waals surface area contributed by atoms with Gasteiger partial charge in [0, 0.05) is 19.2 Å². The fourth-order valence-corrected chi connectivity index (χ4v) is 1.98. The van der Waals surface area contributed by atoms with E-state index in [1.54, 1.807) is 6.07 Å². The van der Waals surface area contributed by atoms with E-state index in [-0.39, 0.29) is 6.03 Å². The Morgan fingerprint density at radius 1 is 1.69 bits per heavy atom. The predicted octanol–water partition coefficient (Wildman–Crippen LogP) is 2.25. The number of likely N-dealkylation sites (tertiary alicyclic amines) is 1. The van der Waals surface area contributed by atoms with E-state index in [1.807, 2.05) is 11.8 Å². The molecule has 5 heteroatoms. The molecule has 2 amide bonds. The summed E-state index contributed by atoms with van der Waals surface area (Å²) in [5.74, 6) is 0.997. The number of aryl methyl sites for hydroxylation is 1. The standard InChI is InChI=1S/C11H17N3O2/c1-8-4-3-5-14(7-8)11(15)12-10-6-9(2)13-16-10/h6,8H,3-5,7H2,1-2H3,(H,12,15). The predicted molar refractivity (Wildman–Crippen MR) is 60.2 cm³/mol. The third kappa shape index (κ3) is 2.53. The monoisotopic (exact) mass is 223 g/mol. The summed E-state index contributed by atoms with van der Waals surface area (Å²) in [5, 5.41) is 6.43. The summed E-state index contributed by atoms with van der Waals surface area (Å²) in [7, 11) is 0. The van der Waals surface area contributed by atoms with Crippen molar-refractivity contribution >= 4 is 11.9 Å². The second-order valence-electron chi connectivity index (χ2n) is 4.46. The van der Waals surface area contributed by atoms with E-state index in [1.165, 1.54) is 6.42 Å². The summed E-state index contributed by atoms with van der Waals surface area (Å²) < 4.78 is 4.94. The molecule has 1 atom stereocenters. The van der Waals surface area contributed by atoms with Crippen molar-refractivity contribution in [3.05, 3.63) is 11.8 Å². The van der Waals surface area contributed by atoms with Crippen molar-refractivity contribution in [1.29, 1.82) is 0 Å². The van der Waals surface area contributed by atoms with Gasteiger partial charge in [0.25, 0.3) is 0 Å². The third-order valence-electron chi connectivity index (χ3n) is 2.80. The van der Waals surface area contributed by atoms with E-state index in [4.69, 9.17) is 4.52 Å². The van der Waals surface area contributed by atoms with E-state index in [0.29, 0.717) is 11.8 Å². The number of piperidine rings is 1. The molecule has 2 heterocycles. The van der Waals surface area contributed by atoms with Gasteiger partial charge < -0.3 is 9.42 Å². The Morgan fingerprint density at radius 3 is 3.12 bits per heavy atom. The van der Waals surface area contributed by atoms with E-state index in [9.17, 15) is 4.79 Å². The minimum absolute atomic E-state index is 0.0947. The highest BCUT2D eigenvalue weighted by Gasteiger charge is 2.21. The lowest BCUT2D eigenvalue weighted by Crippen LogP contribution is -2.41. The fraction of sp³-hybridized carbons (Fsp3) is 0.636. The molecule has 2 rings (SSSR count). The summed E-state index contributed by atoms with van der Waals surface area (Å²) in [6, 6.07) is 1.62. The number of amides is 2. The van der Waals surface area contributed by atoms with Gasteiger partial charge in [0.1, 0.15) is 0 Å². The van der Waals surface area contributed by atoms with Crippen molar-refractivity contribution in [2.24, 2.45) is 5.92 Å². The molecular weight excluding hydrogens is 206 g/mol. The summed E-state index contributed by atoms with van der Waals surface area (Å²) >= 11 is 0. The van der Waals surface area contributed by atoms with Crippen molar-refractivity contribution < 1.29 is 9.32 Å². The molecular formula is C11H17N3O2. The lowest BCUT2D eigenvalue weighted by Gasteiger charge is -2.30. The Morgan fingerprint density at radius 2 is 2.50 bits per heavy atom. The van der Waals surface area contributed by atoms with Crippen molar-refractivity contribution in [3.8, 4) is 0 Å². The number of nitrogens with one attached hydrogen (secondary N) is 1. The second kappa shape index (κ2) is 4.55. The first-order valence-corrected chi connectivity index (χ1v) is 5.64. The van der Waals surface area contributed by atoms with Crippen LogP contribution in [0.1, 0.15) is 25.5 Å². The maximum Gasteiger partial charge on any atom is 0.324 e. The topological polar surface area (TPSA) is 58.4 Å². The Hall–Kier alpha value is -1.52. The van der Waals surface area contributed by atoms with Crippen molar-refractivity contribution in [1.82, 2.24) is 10.1 Å². The highest BCUT2D eigenvalue weighted by molar-refractivity contribution is 5.87. The minimum atomic E-state index is -0.0947. The molecule has 0 saturated carbocycles. The molecule has 0 aliphatic carbocycles. The number of carbonyl (C=O) groups excluding carboxylic acids is 1. The Labute approximate surface area is 94.8 Å². The maximum absolute atomic E-state index is 11.8. The molecule has 1 aliphatic rings. The largest absolute Gasteiger partial charge is 0.338 e. The lowest BCUT2D eigenvalue weighted by molar-refractivity contribution is 0.181. The van der Waals surface area contributed by atoms with Crippen LogP contribution in [-0.4, -0.2) is 29.2 Å². The molecule has 1 unspecified atom stereocenters. The van der Waals surface area contributed by atoms with Gasteiger partial charge >= 0.3 is 6.03 Å². The van der Waals surface area contributed by atoms with Gasteiger partial charge in [-0.2, -0.15) is 0 Å². The van der Waals surface area contributed by atoms with E-state index >= 15 is 0 Å². The van der Waals surface area contributed by atoms with Gasteiger partial charge in [-0.15, -0.1) is 0 Å². The van der Waals surface area contributed by atoms with Gasteiger partial charge in [0.2, 0.25) is 5.88 Å². The molecule has 16 heavy (non-hydrogen) atoms. The molecule has 0 bridgehead atoms. The van der Waals surface area contributed by atoms with Gasteiger partial charge in [-0.25, -0.2) is 4.79 Å². The van der Waals surface area contributed by atoms with Crippen LogP contribution < -0.4 is 5.32 Å². The molecule has 1 aromatic rings. The smallest absolute Gasteiger partial charge is 0.324 e. The fourth-order valence-electron chi connectivity index (χ4n) is 1.98. The number of urea groups is 1. The summed E-state index contributed by atoms with van der Waals surface area (Å²) in [5.41, 5.74) is 0.766. The number of hydrogen-bond donors (Lipinski definition) is 1. The van der Waals surface area contributed by atoms with Gasteiger partial charge in [0.15, 0.2) is 0 Å². The first kappa shape index (κ1) is 11.0. The number of aromatic nitrogens is 1. The molecule has 1 aliphatic heterocycles. The first-order valence-electron chi connectivity index (χ1n) is 5.64. The molecule has 1 N–H and O–H groups in total. The lowest BCUT2D eigenvalue weighted by atomic mass is 10.0. The van der Waals surface area contributed by atoms with Crippen LogP contribution >= 0.6 is 0 Å². The SMILES string of the molecule is Cc1cc(NC(=O)N2CCCC(C)C2)on1. The average Bonchev–Trinajstić information content (AvgIpc) is 2.64. The normalized spacial score (nSPS) is 20.9. The molecule has 0 aromatic carbocycles. The van der Waals surface area contributed by atoms with E-state index in [0.717, 1.165) is 25.2 Å². The van der Waals surface area contributed by atoms with Crippen LogP contribution in [-0.2, 0) is 0 Å². The second-order valence-corrected chi connectivity index (χ2v) is 4.46. The molecule has 1 aromatic heterocycles. The Bertz CT molecular complexity index is 375. The van der Waals surface area contributed by atoms with Crippen LogP contribution in [0.5, 0.6) is 0 Å². The van der Waals surface area contributed by atoms with Crippen LogP contribution in [0.15, 0.2) is 10.6 Å². The Balaban J connectivity index is 1.92. The third-order valence-corrected chi connectivity index (χ3v) is 2.80. The minimum Gasteiger partial charge on any atom is -0.338 e. The van der Waals surface area contributed by atoms with Crippen LogP contribution in [0.25, 0.3) is 0 Å². The number of hydrogen-bond acceptors (Lipinski definition) is 3. The number of nitrogens with zero attached hydrogens (tertiary/aromatic N) is 2. The zero-order valence-corrected chi connectivity index (χ0v) is 9.69. The van der Waals surface area contributed by atoms with Crippen molar-refractivity contribution in [2.45, 2.75) is 26.7 Å². The van der Waals surface area contributed by atoms with Crippen LogP contribution in [0.3, 0.4) is 0 Å². The zero-order valence-electron chi connectivity index (χ0n) is 9.69. The molecule has 88 valence electrons. The van der Waals surface area contributed by atoms with Crippen LogP contribution in [0.2, 0.25) is 0 Å². The molecule has 1 fully saturated rings. The summed E-state index contributed by atoms with van der Waals surface area (Å²) in [6.07, 6.45) is 2.27. The van der Waals surface area contributed by atoms with Crippen molar-refractivity contribution in [2.75, 3.05) is 18.4 Å². The van der Waals surface area contributed by atoms with Gasteiger partial charge in [-0.1, -0.05) is 12.1 Å². The number of rotatable bonds is 1. The number of anilines is 1. The van der Waals surface area contributed by atoms with Gasteiger partial charge in [-0.3, -0.25) is 5.32 Å². The average molecular weight is 223 g/mol. The van der Waals surface area contributed by atoms with Gasteiger partial charge in [-0.05, 0) is 25.7 Å². The molecule has 0 radical (unpaired) electrons.